The Morgan fingerprint density at radius 1 is 1.50 bits per heavy atom. The minimum absolute atomic E-state index is 0.846. The van der Waals surface area contributed by atoms with Crippen molar-refractivity contribution in [3.05, 3.63) is 32.6 Å². The van der Waals surface area contributed by atoms with E-state index in [-0.39, 0.29) is 0 Å². The van der Waals surface area contributed by atoms with E-state index in [4.69, 9.17) is 0 Å². The molecule has 0 aliphatic carbocycles. The molecule has 2 heterocycles. The third-order valence-electron chi connectivity index (χ3n) is 2.37. The van der Waals surface area contributed by atoms with Gasteiger partial charge < -0.3 is 5.32 Å². The fourth-order valence-electron chi connectivity index (χ4n) is 1.49. The molecule has 0 radical (unpaired) electrons. The predicted octanol–water partition coefficient (Wildman–Crippen LogP) is 3.42. The zero-order valence-electron chi connectivity index (χ0n) is 9.33. The first kappa shape index (κ1) is 11.7. The molecular formula is C11H14BrN3S. The average molecular weight is 300 g/mol. The Balaban J connectivity index is 2.01. The maximum Gasteiger partial charge on any atom is 0.124 e. The Labute approximate surface area is 108 Å². The minimum atomic E-state index is 0.846. The molecule has 86 valence electrons. The lowest BCUT2D eigenvalue weighted by atomic mass is 10.3. The van der Waals surface area contributed by atoms with Crippen molar-refractivity contribution in [2.24, 2.45) is 7.05 Å². The van der Waals surface area contributed by atoms with Gasteiger partial charge in [0.2, 0.25) is 0 Å². The zero-order chi connectivity index (χ0) is 11.5. The summed E-state index contributed by atoms with van der Waals surface area (Å²) in [6, 6.07) is 6.30. The van der Waals surface area contributed by atoms with Gasteiger partial charge in [-0.2, -0.15) is 5.10 Å². The van der Waals surface area contributed by atoms with Crippen LogP contribution in [0.15, 0.2) is 22.0 Å². The third-order valence-corrected chi connectivity index (χ3v) is 3.99. The molecule has 0 unspecified atom stereocenters. The molecule has 0 atom stereocenters. The van der Waals surface area contributed by atoms with E-state index in [9.17, 15) is 0 Å². The first-order valence-electron chi connectivity index (χ1n) is 5.20. The molecule has 5 heteroatoms. The number of thiophene rings is 1. The zero-order valence-corrected chi connectivity index (χ0v) is 11.7. The van der Waals surface area contributed by atoms with Crippen molar-refractivity contribution in [3.8, 4) is 0 Å². The molecule has 0 spiro atoms. The van der Waals surface area contributed by atoms with Crippen LogP contribution in [0.1, 0.15) is 17.5 Å². The standard InChI is InChI=1S/C11H14BrN3S/c1-3-8-6-11(15(2)14-8)13-7-9-4-5-10(12)16-9/h4-6,13H,3,7H2,1-2H3. The molecule has 3 nitrogen and oxygen atoms in total. The van der Waals surface area contributed by atoms with Gasteiger partial charge in [-0.1, -0.05) is 6.92 Å². The number of nitrogens with one attached hydrogen (secondary N) is 1. The van der Waals surface area contributed by atoms with Crippen molar-refractivity contribution in [2.45, 2.75) is 19.9 Å². The van der Waals surface area contributed by atoms with Crippen molar-refractivity contribution >= 4 is 33.1 Å². The van der Waals surface area contributed by atoms with Gasteiger partial charge in [0.05, 0.1) is 16.0 Å². The summed E-state index contributed by atoms with van der Waals surface area (Å²) in [4.78, 5) is 1.31. The summed E-state index contributed by atoms with van der Waals surface area (Å²) >= 11 is 5.21. The SMILES string of the molecule is CCc1cc(NCc2ccc(Br)s2)n(C)n1. The molecule has 0 aliphatic heterocycles. The van der Waals surface area contributed by atoms with Gasteiger partial charge in [-0.3, -0.25) is 4.68 Å². The summed E-state index contributed by atoms with van der Waals surface area (Å²) in [5.41, 5.74) is 1.12. The fourth-order valence-corrected chi connectivity index (χ4v) is 2.91. The van der Waals surface area contributed by atoms with E-state index < -0.39 is 0 Å². The van der Waals surface area contributed by atoms with E-state index in [0.29, 0.717) is 0 Å². The third kappa shape index (κ3) is 2.65. The van der Waals surface area contributed by atoms with Crippen LogP contribution in [0.2, 0.25) is 0 Å². The maximum absolute atomic E-state index is 4.39. The Bertz CT molecular complexity index is 475. The molecule has 0 amide bonds. The van der Waals surface area contributed by atoms with Crippen LogP contribution in [-0.4, -0.2) is 9.78 Å². The molecule has 0 aliphatic rings. The average Bonchev–Trinajstić information content (AvgIpc) is 2.82. The normalized spacial score (nSPS) is 10.7. The van der Waals surface area contributed by atoms with Crippen LogP contribution in [-0.2, 0) is 20.0 Å². The second-order valence-electron chi connectivity index (χ2n) is 3.56. The number of hydrogen-bond acceptors (Lipinski definition) is 3. The Morgan fingerprint density at radius 2 is 2.31 bits per heavy atom. The summed E-state index contributed by atoms with van der Waals surface area (Å²) in [5, 5.41) is 7.78. The number of aromatic nitrogens is 2. The molecule has 16 heavy (non-hydrogen) atoms. The smallest absolute Gasteiger partial charge is 0.124 e. The van der Waals surface area contributed by atoms with Gasteiger partial charge >= 0.3 is 0 Å². The van der Waals surface area contributed by atoms with Crippen molar-refractivity contribution in [3.63, 3.8) is 0 Å². The van der Waals surface area contributed by atoms with E-state index in [2.05, 4.69) is 51.5 Å². The lowest BCUT2D eigenvalue weighted by molar-refractivity contribution is 0.748. The van der Waals surface area contributed by atoms with E-state index in [1.807, 2.05) is 11.7 Å². The maximum atomic E-state index is 4.39. The molecule has 0 bridgehead atoms. The van der Waals surface area contributed by atoms with Crippen LogP contribution in [0.25, 0.3) is 0 Å². The largest absolute Gasteiger partial charge is 0.365 e. The van der Waals surface area contributed by atoms with Gasteiger partial charge in [0.25, 0.3) is 0 Å². The second-order valence-corrected chi connectivity index (χ2v) is 6.11. The van der Waals surface area contributed by atoms with Crippen LogP contribution in [0.3, 0.4) is 0 Å². The highest BCUT2D eigenvalue weighted by molar-refractivity contribution is 9.11. The summed E-state index contributed by atoms with van der Waals surface area (Å²) in [7, 11) is 1.96. The molecule has 2 aromatic rings. The van der Waals surface area contributed by atoms with Gasteiger partial charge in [-0.25, -0.2) is 0 Å². The molecule has 1 N–H and O–H groups in total. The fraction of sp³-hybridized carbons (Fsp3) is 0.364. The minimum Gasteiger partial charge on any atom is -0.365 e. The molecule has 2 rings (SSSR count). The number of halogens is 1. The van der Waals surface area contributed by atoms with Crippen LogP contribution in [0, 0.1) is 0 Å². The van der Waals surface area contributed by atoms with Crippen LogP contribution >= 0.6 is 27.3 Å². The van der Waals surface area contributed by atoms with E-state index in [1.54, 1.807) is 11.3 Å². The summed E-state index contributed by atoms with van der Waals surface area (Å²) in [5.74, 6) is 1.07. The highest BCUT2D eigenvalue weighted by Crippen LogP contribution is 2.23. The molecule has 0 aromatic carbocycles. The second kappa shape index (κ2) is 5.01. The number of rotatable bonds is 4. The Kier molecular flexibility index (Phi) is 3.66. The van der Waals surface area contributed by atoms with Gasteiger partial charge in [0, 0.05) is 18.0 Å². The van der Waals surface area contributed by atoms with Crippen LogP contribution in [0.5, 0.6) is 0 Å². The molecule has 0 saturated carbocycles. The van der Waals surface area contributed by atoms with Crippen molar-refractivity contribution in [1.29, 1.82) is 0 Å². The predicted molar refractivity (Wildman–Crippen MR) is 71.9 cm³/mol. The summed E-state index contributed by atoms with van der Waals surface area (Å²) in [6.45, 7) is 2.96. The summed E-state index contributed by atoms with van der Waals surface area (Å²) in [6.07, 6.45) is 0.972. The first-order chi connectivity index (χ1) is 7.69. The van der Waals surface area contributed by atoms with Gasteiger partial charge in [0.1, 0.15) is 5.82 Å². The Morgan fingerprint density at radius 3 is 2.88 bits per heavy atom. The van der Waals surface area contributed by atoms with Gasteiger partial charge in [-0.15, -0.1) is 11.3 Å². The summed E-state index contributed by atoms with van der Waals surface area (Å²) < 4.78 is 3.06. The number of anilines is 1. The quantitative estimate of drug-likeness (QED) is 0.937. The topological polar surface area (TPSA) is 29.9 Å². The molecule has 2 aromatic heterocycles. The highest BCUT2D eigenvalue weighted by atomic mass is 79.9. The van der Waals surface area contributed by atoms with Crippen LogP contribution in [0.4, 0.5) is 5.82 Å². The van der Waals surface area contributed by atoms with Gasteiger partial charge in [-0.05, 0) is 34.5 Å². The van der Waals surface area contributed by atoms with Crippen molar-refractivity contribution in [2.75, 3.05) is 5.32 Å². The van der Waals surface area contributed by atoms with Gasteiger partial charge in [0.15, 0.2) is 0 Å². The highest BCUT2D eigenvalue weighted by Gasteiger charge is 2.03. The monoisotopic (exact) mass is 299 g/mol. The number of hydrogen-bond donors (Lipinski definition) is 1. The number of nitrogens with zero attached hydrogens (tertiary/aromatic N) is 2. The van der Waals surface area contributed by atoms with E-state index >= 15 is 0 Å². The first-order valence-corrected chi connectivity index (χ1v) is 6.81. The Hall–Kier alpha value is -0.810. The number of aryl methyl sites for hydroxylation is 2. The molecule has 0 fully saturated rings. The lowest BCUT2D eigenvalue weighted by Gasteiger charge is -2.03. The van der Waals surface area contributed by atoms with Crippen molar-refractivity contribution in [1.82, 2.24) is 9.78 Å². The van der Waals surface area contributed by atoms with E-state index in [1.165, 1.54) is 8.66 Å². The molecular weight excluding hydrogens is 286 g/mol. The molecule has 0 saturated heterocycles. The van der Waals surface area contributed by atoms with E-state index in [0.717, 1.165) is 24.5 Å². The lowest BCUT2D eigenvalue weighted by Crippen LogP contribution is -2.03. The van der Waals surface area contributed by atoms with Crippen molar-refractivity contribution < 1.29 is 0 Å². The van der Waals surface area contributed by atoms with Crippen LogP contribution < -0.4 is 5.32 Å².